The molecule has 108 valence electrons. The van der Waals surface area contributed by atoms with Crippen LogP contribution in [-0.2, 0) is 14.4 Å². The Balaban J connectivity index is 2.15. The molecule has 7 heteroatoms. The van der Waals surface area contributed by atoms with E-state index in [1.165, 1.54) is 6.92 Å². The molecule has 1 aromatic carbocycles. The molecule has 1 aromatic heterocycles. The number of hydrogen-bond donors (Lipinski definition) is 1. The highest BCUT2D eigenvalue weighted by Gasteiger charge is 2.40. The molecule has 2 atom stereocenters. The van der Waals surface area contributed by atoms with E-state index in [0.29, 0.717) is 5.52 Å². The molecule has 0 saturated carbocycles. The number of esters is 1. The molecular formula is C14H12N2O5. The number of ether oxygens (including phenoxy) is 1. The number of carbonyl (C=O) groups is 3. The van der Waals surface area contributed by atoms with E-state index in [1.54, 1.807) is 30.3 Å². The van der Waals surface area contributed by atoms with E-state index < -0.39 is 29.7 Å². The van der Waals surface area contributed by atoms with Crippen molar-refractivity contribution >= 4 is 28.6 Å². The van der Waals surface area contributed by atoms with Gasteiger partial charge >= 0.3 is 11.9 Å². The van der Waals surface area contributed by atoms with E-state index in [4.69, 9.17) is 15.3 Å². The Morgan fingerprint density at radius 1 is 1.24 bits per heavy atom. The lowest BCUT2D eigenvalue weighted by Crippen LogP contribution is -2.51. The summed E-state index contributed by atoms with van der Waals surface area (Å²) >= 11 is 0. The number of nitrogens with zero attached hydrogens (tertiary/aromatic N) is 1. The van der Waals surface area contributed by atoms with E-state index in [1.807, 2.05) is 0 Å². The molecule has 0 bridgehead atoms. The fraction of sp³-hybridized carbons (Fsp3) is 0.214. The van der Waals surface area contributed by atoms with E-state index in [-0.39, 0.29) is 5.88 Å². The average Bonchev–Trinajstić information content (AvgIpc) is 2.75. The van der Waals surface area contributed by atoms with Crippen LogP contribution in [-0.4, -0.2) is 28.5 Å². The first-order valence-corrected chi connectivity index (χ1v) is 6.29. The minimum absolute atomic E-state index is 0.0349. The van der Waals surface area contributed by atoms with Gasteiger partial charge in [0.25, 0.3) is 0 Å². The number of para-hydroxylation sites is 1. The maximum Gasteiger partial charge on any atom is 0.350 e. The molecule has 0 fully saturated rings. The first-order chi connectivity index (χ1) is 9.99. The minimum atomic E-state index is -1.40. The summed E-state index contributed by atoms with van der Waals surface area (Å²) in [5.74, 6) is -3.61. The quantitative estimate of drug-likeness (QED) is 0.587. The van der Waals surface area contributed by atoms with Crippen LogP contribution >= 0.6 is 0 Å². The van der Waals surface area contributed by atoms with Gasteiger partial charge in [0.15, 0.2) is 0 Å². The monoisotopic (exact) mass is 288 g/mol. The van der Waals surface area contributed by atoms with Gasteiger partial charge in [-0.05, 0) is 13.0 Å². The summed E-state index contributed by atoms with van der Waals surface area (Å²) < 4.78 is 6.26. The zero-order chi connectivity index (χ0) is 15.1. The van der Waals surface area contributed by atoms with Crippen molar-refractivity contribution in [3.05, 3.63) is 30.3 Å². The zero-order valence-electron chi connectivity index (χ0n) is 11.1. The number of carbonyl (C=O) groups excluding carboxylic acids is 3. The van der Waals surface area contributed by atoms with Crippen LogP contribution < -0.4 is 15.3 Å². The standard InChI is InChI=1S/C14H12N2O5/c1-7(17)11-12(15)14(19)21-16-9-5-3-2-4-8(9)6-10(16)20-13(11)18/h2-6,11-12H,15H2,1H3. The molecule has 3 rings (SSSR count). The van der Waals surface area contributed by atoms with Crippen LogP contribution in [0.25, 0.3) is 10.9 Å². The van der Waals surface area contributed by atoms with Crippen molar-refractivity contribution in [2.45, 2.75) is 13.0 Å². The van der Waals surface area contributed by atoms with Gasteiger partial charge in [-0.2, -0.15) is 0 Å². The molecule has 7 nitrogen and oxygen atoms in total. The van der Waals surface area contributed by atoms with Crippen molar-refractivity contribution < 1.29 is 24.0 Å². The maximum atomic E-state index is 12.1. The molecule has 0 aliphatic carbocycles. The van der Waals surface area contributed by atoms with Crippen molar-refractivity contribution in [1.82, 2.24) is 4.73 Å². The molecule has 21 heavy (non-hydrogen) atoms. The molecule has 0 amide bonds. The molecule has 0 spiro atoms. The van der Waals surface area contributed by atoms with Gasteiger partial charge in [-0.1, -0.05) is 18.2 Å². The van der Waals surface area contributed by atoms with E-state index in [9.17, 15) is 14.4 Å². The summed E-state index contributed by atoms with van der Waals surface area (Å²) in [7, 11) is 0. The topological polar surface area (TPSA) is 101 Å². The van der Waals surface area contributed by atoms with E-state index in [2.05, 4.69) is 0 Å². The van der Waals surface area contributed by atoms with Gasteiger partial charge in [-0.3, -0.25) is 9.59 Å². The number of fused-ring (bicyclic) bond motifs is 3. The summed E-state index contributed by atoms with van der Waals surface area (Å²) in [6, 6.07) is 7.18. The van der Waals surface area contributed by atoms with Gasteiger partial charge in [0.1, 0.15) is 17.7 Å². The molecular weight excluding hydrogens is 276 g/mol. The van der Waals surface area contributed by atoms with Crippen LogP contribution in [0.1, 0.15) is 6.92 Å². The van der Waals surface area contributed by atoms with Gasteiger partial charge in [-0.15, -0.1) is 4.73 Å². The molecule has 2 aromatic rings. The fourth-order valence-corrected chi connectivity index (χ4v) is 2.29. The number of nitrogens with two attached hydrogens (primary N) is 1. The van der Waals surface area contributed by atoms with E-state index in [0.717, 1.165) is 10.1 Å². The summed E-state index contributed by atoms with van der Waals surface area (Å²) in [6.45, 7) is 1.18. The van der Waals surface area contributed by atoms with Crippen LogP contribution in [0.15, 0.2) is 30.3 Å². The highest BCUT2D eigenvalue weighted by molar-refractivity contribution is 6.04. The molecule has 1 aliphatic rings. The summed E-state index contributed by atoms with van der Waals surface area (Å²) in [4.78, 5) is 40.7. The lowest BCUT2D eigenvalue weighted by atomic mass is 9.96. The summed E-state index contributed by atoms with van der Waals surface area (Å²) in [5, 5.41) is 0.725. The van der Waals surface area contributed by atoms with E-state index >= 15 is 0 Å². The third-order valence-corrected chi connectivity index (χ3v) is 3.34. The second kappa shape index (κ2) is 4.71. The van der Waals surface area contributed by atoms with Crippen LogP contribution in [0, 0.1) is 5.92 Å². The van der Waals surface area contributed by atoms with Crippen LogP contribution in [0.3, 0.4) is 0 Å². The first-order valence-electron chi connectivity index (χ1n) is 6.29. The van der Waals surface area contributed by atoms with Gasteiger partial charge in [-0.25, -0.2) is 4.79 Å². The maximum absolute atomic E-state index is 12.1. The number of ketones is 1. The van der Waals surface area contributed by atoms with Crippen LogP contribution in [0.4, 0.5) is 0 Å². The van der Waals surface area contributed by atoms with Crippen molar-refractivity contribution in [2.75, 3.05) is 0 Å². The van der Waals surface area contributed by atoms with Crippen molar-refractivity contribution in [3.63, 3.8) is 0 Å². The zero-order valence-corrected chi connectivity index (χ0v) is 11.1. The molecule has 2 heterocycles. The third-order valence-electron chi connectivity index (χ3n) is 3.34. The normalized spacial score (nSPS) is 22.0. The van der Waals surface area contributed by atoms with Crippen molar-refractivity contribution in [3.8, 4) is 5.88 Å². The third kappa shape index (κ3) is 2.07. The highest BCUT2D eigenvalue weighted by atomic mass is 16.7. The lowest BCUT2D eigenvalue weighted by Gasteiger charge is -2.22. The second-order valence-corrected chi connectivity index (χ2v) is 4.78. The van der Waals surface area contributed by atoms with Gasteiger partial charge in [0, 0.05) is 11.5 Å². The smallest absolute Gasteiger partial charge is 0.350 e. The minimum Gasteiger partial charge on any atom is -0.406 e. The number of rotatable bonds is 1. The first kappa shape index (κ1) is 13.3. The molecule has 0 radical (unpaired) electrons. The Kier molecular flexibility index (Phi) is 2.99. The Morgan fingerprint density at radius 3 is 2.67 bits per heavy atom. The molecule has 1 aliphatic heterocycles. The number of hydrogen-bond acceptors (Lipinski definition) is 6. The Labute approximate surface area is 119 Å². The Bertz CT molecular complexity index is 764. The lowest BCUT2D eigenvalue weighted by molar-refractivity contribution is -0.159. The summed E-state index contributed by atoms with van der Waals surface area (Å²) in [6.07, 6.45) is 0. The van der Waals surface area contributed by atoms with Crippen LogP contribution in [0.2, 0.25) is 0 Å². The molecule has 2 N–H and O–H groups in total. The SMILES string of the molecule is CC(=O)C1C(=O)Oc2cc3ccccc3n2OC(=O)C1N. The van der Waals surface area contributed by atoms with Gasteiger partial charge in [0.2, 0.25) is 5.88 Å². The van der Waals surface area contributed by atoms with Gasteiger partial charge < -0.3 is 15.3 Å². The molecule has 0 saturated heterocycles. The van der Waals surface area contributed by atoms with Crippen molar-refractivity contribution in [2.24, 2.45) is 11.7 Å². The predicted octanol–water partition coefficient (Wildman–Crippen LogP) is 0.0480. The fourth-order valence-electron chi connectivity index (χ4n) is 2.29. The number of aromatic nitrogens is 1. The van der Waals surface area contributed by atoms with Gasteiger partial charge in [0.05, 0.1) is 5.52 Å². The Morgan fingerprint density at radius 2 is 1.95 bits per heavy atom. The molecule has 2 unspecified atom stereocenters. The largest absolute Gasteiger partial charge is 0.406 e. The van der Waals surface area contributed by atoms with Crippen molar-refractivity contribution in [1.29, 1.82) is 0 Å². The highest BCUT2D eigenvalue weighted by Crippen LogP contribution is 2.27. The second-order valence-electron chi connectivity index (χ2n) is 4.78. The Hall–Kier alpha value is -2.67. The predicted molar refractivity (Wildman–Crippen MR) is 71.3 cm³/mol. The van der Waals surface area contributed by atoms with Crippen LogP contribution in [0.5, 0.6) is 5.88 Å². The summed E-state index contributed by atoms with van der Waals surface area (Å²) in [5.41, 5.74) is 6.20. The number of Topliss-reactive ketones (excluding diaryl/α,β-unsaturated/α-hetero) is 1. The number of benzene rings is 1. The average molecular weight is 288 g/mol.